The van der Waals surface area contributed by atoms with Crippen molar-refractivity contribution >= 4 is 27.6 Å². The van der Waals surface area contributed by atoms with E-state index in [9.17, 15) is 9.59 Å². The van der Waals surface area contributed by atoms with Gasteiger partial charge in [-0.05, 0) is 15.9 Å². The number of carbonyl (C=O) groups excluding carboxylic acids is 1. The van der Waals surface area contributed by atoms with Crippen LogP contribution in [0.3, 0.4) is 0 Å². The predicted molar refractivity (Wildman–Crippen MR) is 66.9 cm³/mol. The fraction of sp³-hybridized carbons (Fsp3) is 0.300. The second-order valence-corrected chi connectivity index (χ2v) is 3.87. The molecule has 0 aliphatic rings. The van der Waals surface area contributed by atoms with E-state index >= 15 is 0 Å². The average molecular weight is 302 g/mol. The molecule has 1 aromatic rings. The Morgan fingerprint density at radius 3 is 3.06 bits per heavy atom. The van der Waals surface area contributed by atoms with E-state index in [0.29, 0.717) is 16.7 Å². The van der Waals surface area contributed by atoms with Crippen molar-refractivity contribution in [1.29, 1.82) is 0 Å². The van der Waals surface area contributed by atoms with E-state index < -0.39 is 11.5 Å². The van der Waals surface area contributed by atoms with Crippen molar-refractivity contribution in [2.75, 3.05) is 19.0 Å². The SMILES string of the molecule is C=CCNc1cnn(CC(=O)OC)c(=O)c1Br. The summed E-state index contributed by atoms with van der Waals surface area (Å²) < 4.78 is 5.80. The zero-order chi connectivity index (χ0) is 12.8. The molecule has 0 unspecified atom stereocenters. The van der Waals surface area contributed by atoms with Gasteiger partial charge in [0.2, 0.25) is 0 Å². The number of rotatable bonds is 5. The Bertz CT molecular complexity index is 484. The maximum Gasteiger partial charge on any atom is 0.327 e. The van der Waals surface area contributed by atoms with Crippen molar-refractivity contribution < 1.29 is 9.53 Å². The molecule has 0 saturated carbocycles. The van der Waals surface area contributed by atoms with Crippen LogP contribution in [0.1, 0.15) is 0 Å². The van der Waals surface area contributed by atoms with E-state index in [-0.39, 0.29) is 6.54 Å². The molecule has 1 N–H and O–H groups in total. The van der Waals surface area contributed by atoms with Crippen LogP contribution in [0.4, 0.5) is 5.69 Å². The molecule has 6 nitrogen and oxygen atoms in total. The molecule has 92 valence electrons. The van der Waals surface area contributed by atoms with Gasteiger partial charge >= 0.3 is 5.97 Å². The van der Waals surface area contributed by atoms with Crippen molar-refractivity contribution in [3.8, 4) is 0 Å². The number of methoxy groups -OCH3 is 1. The predicted octanol–water partition coefficient (Wildman–Crippen LogP) is 0.777. The minimum Gasteiger partial charge on any atom is -0.468 e. The van der Waals surface area contributed by atoms with Gasteiger partial charge in [0, 0.05) is 6.54 Å². The van der Waals surface area contributed by atoms with Crippen molar-refractivity contribution in [3.05, 3.63) is 33.7 Å². The van der Waals surface area contributed by atoms with Crippen LogP contribution in [0.25, 0.3) is 0 Å². The van der Waals surface area contributed by atoms with Gasteiger partial charge in [0.05, 0.1) is 19.0 Å². The Kier molecular flexibility index (Phi) is 4.89. The quantitative estimate of drug-likeness (QED) is 0.642. The molecule has 7 heteroatoms. The first-order valence-electron chi connectivity index (χ1n) is 4.77. The van der Waals surface area contributed by atoms with E-state index in [1.807, 2.05) is 0 Å². The van der Waals surface area contributed by atoms with E-state index in [1.54, 1.807) is 6.08 Å². The summed E-state index contributed by atoms with van der Waals surface area (Å²) in [6, 6.07) is 0. The summed E-state index contributed by atoms with van der Waals surface area (Å²) in [6.07, 6.45) is 3.12. The smallest absolute Gasteiger partial charge is 0.327 e. The Morgan fingerprint density at radius 1 is 1.76 bits per heavy atom. The number of halogens is 1. The van der Waals surface area contributed by atoms with Crippen LogP contribution in [-0.2, 0) is 16.1 Å². The molecular formula is C10H12BrN3O3. The topological polar surface area (TPSA) is 73.2 Å². The first-order chi connectivity index (χ1) is 8.10. The first kappa shape index (κ1) is 13.4. The molecule has 0 amide bonds. The largest absolute Gasteiger partial charge is 0.468 e. The molecule has 0 fully saturated rings. The fourth-order valence-electron chi connectivity index (χ4n) is 1.07. The first-order valence-corrected chi connectivity index (χ1v) is 5.56. The van der Waals surface area contributed by atoms with Gasteiger partial charge in [-0.3, -0.25) is 9.59 Å². The van der Waals surface area contributed by atoms with Gasteiger partial charge in [-0.1, -0.05) is 6.08 Å². The van der Waals surface area contributed by atoms with E-state index in [4.69, 9.17) is 0 Å². The summed E-state index contributed by atoms with van der Waals surface area (Å²) in [5.74, 6) is -0.529. The van der Waals surface area contributed by atoms with Crippen LogP contribution in [0, 0.1) is 0 Å². The van der Waals surface area contributed by atoms with Gasteiger partial charge in [-0.25, -0.2) is 4.68 Å². The number of anilines is 1. The molecular weight excluding hydrogens is 290 g/mol. The van der Waals surface area contributed by atoms with Crippen molar-refractivity contribution in [2.45, 2.75) is 6.54 Å². The maximum absolute atomic E-state index is 11.8. The third-order valence-corrected chi connectivity index (χ3v) is 2.69. The summed E-state index contributed by atoms with van der Waals surface area (Å²) in [7, 11) is 1.25. The third kappa shape index (κ3) is 3.42. The molecule has 0 saturated heterocycles. The van der Waals surface area contributed by atoms with Gasteiger partial charge in [-0.15, -0.1) is 6.58 Å². The lowest BCUT2D eigenvalue weighted by atomic mass is 10.4. The molecule has 0 radical (unpaired) electrons. The highest BCUT2D eigenvalue weighted by Crippen LogP contribution is 2.15. The van der Waals surface area contributed by atoms with Gasteiger partial charge in [0.15, 0.2) is 0 Å². The van der Waals surface area contributed by atoms with Gasteiger partial charge in [-0.2, -0.15) is 5.10 Å². The van der Waals surface area contributed by atoms with E-state index in [0.717, 1.165) is 4.68 Å². The third-order valence-electron chi connectivity index (χ3n) is 1.93. The molecule has 0 aliphatic heterocycles. The number of hydrogen-bond donors (Lipinski definition) is 1. The van der Waals surface area contributed by atoms with Crippen LogP contribution in [-0.4, -0.2) is 29.4 Å². The number of carbonyl (C=O) groups is 1. The van der Waals surface area contributed by atoms with Crippen LogP contribution in [0.2, 0.25) is 0 Å². The van der Waals surface area contributed by atoms with Gasteiger partial charge < -0.3 is 10.1 Å². The Morgan fingerprint density at radius 2 is 2.47 bits per heavy atom. The second kappa shape index (κ2) is 6.19. The number of aromatic nitrogens is 2. The number of nitrogens with zero attached hydrogens (tertiary/aromatic N) is 2. The summed E-state index contributed by atoms with van der Waals surface area (Å²) in [4.78, 5) is 22.8. The zero-order valence-electron chi connectivity index (χ0n) is 9.27. The lowest BCUT2D eigenvalue weighted by Gasteiger charge is -2.08. The Labute approximate surface area is 106 Å². The Hall–Kier alpha value is -1.63. The normalized spacial score (nSPS) is 9.76. The molecule has 1 rings (SSSR count). The number of esters is 1. The highest BCUT2D eigenvalue weighted by Gasteiger charge is 2.10. The highest BCUT2D eigenvalue weighted by molar-refractivity contribution is 9.10. The minimum absolute atomic E-state index is 0.213. The molecule has 1 heterocycles. The lowest BCUT2D eigenvalue weighted by Crippen LogP contribution is -2.28. The van der Waals surface area contributed by atoms with Crippen LogP contribution in [0.15, 0.2) is 28.1 Å². The lowest BCUT2D eigenvalue weighted by molar-refractivity contribution is -0.141. The average Bonchev–Trinajstić information content (AvgIpc) is 2.34. The molecule has 0 aromatic carbocycles. The summed E-state index contributed by atoms with van der Waals surface area (Å²) in [5.41, 5.74) is 0.153. The van der Waals surface area contributed by atoms with Crippen LogP contribution < -0.4 is 10.9 Å². The molecule has 0 spiro atoms. The highest BCUT2D eigenvalue weighted by atomic mass is 79.9. The van der Waals surface area contributed by atoms with Gasteiger partial charge in [0.25, 0.3) is 5.56 Å². The van der Waals surface area contributed by atoms with E-state index in [1.165, 1.54) is 13.3 Å². The molecule has 0 aliphatic carbocycles. The number of ether oxygens (including phenoxy) is 1. The minimum atomic E-state index is -0.529. The molecule has 0 bridgehead atoms. The summed E-state index contributed by atoms with van der Waals surface area (Å²) >= 11 is 3.15. The number of nitrogens with one attached hydrogen (secondary N) is 1. The second-order valence-electron chi connectivity index (χ2n) is 3.08. The summed E-state index contributed by atoms with van der Waals surface area (Å²) in [5, 5.41) is 6.80. The van der Waals surface area contributed by atoms with E-state index in [2.05, 4.69) is 37.7 Å². The molecule has 17 heavy (non-hydrogen) atoms. The van der Waals surface area contributed by atoms with Crippen LogP contribution in [0.5, 0.6) is 0 Å². The number of hydrogen-bond acceptors (Lipinski definition) is 5. The monoisotopic (exact) mass is 301 g/mol. The molecule has 1 aromatic heterocycles. The van der Waals surface area contributed by atoms with Gasteiger partial charge in [0.1, 0.15) is 11.0 Å². The van der Waals surface area contributed by atoms with Crippen LogP contribution >= 0.6 is 15.9 Å². The standard InChI is InChI=1S/C10H12BrN3O3/c1-3-4-12-7-5-13-14(6-8(15)17-2)10(16)9(7)11/h3,5,12H,1,4,6H2,2H3. The molecule has 0 atom stereocenters. The van der Waals surface area contributed by atoms with Crippen molar-refractivity contribution in [2.24, 2.45) is 0 Å². The maximum atomic E-state index is 11.8. The summed E-state index contributed by atoms with van der Waals surface area (Å²) in [6.45, 7) is 3.86. The Balaban J connectivity index is 2.98. The fourth-order valence-corrected chi connectivity index (χ4v) is 1.52. The van der Waals surface area contributed by atoms with Crippen molar-refractivity contribution in [3.63, 3.8) is 0 Å². The zero-order valence-corrected chi connectivity index (χ0v) is 10.9. The van der Waals surface area contributed by atoms with Crippen molar-refractivity contribution in [1.82, 2.24) is 9.78 Å².